The van der Waals surface area contributed by atoms with E-state index in [1.807, 2.05) is 6.07 Å². The van der Waals surface area contributed by atoms with Crippen LogP contribution in [-0.2, 0) is 14.2 Å². The largest absolute Gasteiger partial charge is 0.465 e. The molecule has 2 aliphatic rings. The fraction of sp³-hybridized carbons (Fsp3) is 0.421. The van der Waals surface area contributed by atoms with E-state index in [0.717, 1.165) is 37.4 Å². The van der Waals surface area contributed by atoms with Gasteiger partial charge in [0, 0.05) is 37.8 Å². The van der Waals surface area contributed by atoms with Crippen molar-refractivity contribution in [3.63, 3.8) is 0 Å². The van der Waals surface area contributed by atoms with Crippen LogP contribution in [0, 0.1) is 0 Å². The molecular weight excluding hydrogens is 348 g/mol. The Balaban J connectivity index is 1.41. The molecule has 0 unspecified atom stereocenters. The molecule has 2 saturated heterocycles. The predicted octanol–water partition coefficient (Wildman–Crippen LogP) is 2.35. The third kappa shape index (κ3) is 3.86. The minimum Gasteiger partial charge on any atom is -0.465 e. The number of carbonyl (C=O) groups excluding carboxylic acids is 1. The van der Waals surface area contributed by atoms with E-state index in [-0.39, 0.29) is 5.97 Å². The molecule has 1 aromatic heterocycles. The van der Waals surface area contributed by atoms with Crippen molar-refractivity contribution >= 4 is 23.4 Å². The number of nitrogens with zero attached hydrogens (tertiary/aromatic N) is 3. The van der Waals surface area contributed by atoms with E-state index < -0.39 is 5.79 Å². The molecule has 8 nitrogen and oxygen atoms in total. The lowest BCUT2D eigenvalue weighted by Gasteiger charge is -2.38. The van der Waals surface area contributed by atoms with E-state index in [1.165, 1.54) is 7.11 Å². The van der Waals surface area contributed by atoms with E-state index >= 15 is 0 Å². The molecule has 2 fully saturated rings. The van der Waals surface area contributed by atoms with Gasteiger partial charge in [-0.1, -0.05) is 0 Å². The van der Waals surface area contributed by atoms with Gasteiger partial charge in [-0.2, -0.15) is 4.98 Å². The van der Waals surface area contributed by atoms with Gasteiger partial charge >= 0.3 is 5.97 Å². The molecule has 2 aliphatic heterocycles. The molecule has 8 heteroatoms. The Kier molecular flexibility index (Phi) is 4.91. The average Bonchev–Trinajstić information content (AvgIpc) is 3.17. The fourth-order valence-electron chi connectivity index (χ4n) is 3.38. The SMILES string of the molecule is COC(=O)c1ccc(Nc2nccc(N3CCC4(CC3)OCCO4)n2)cc1. The third-order valence-electron chi connectivity index (χ3n) is 4.87. The number of anilines is 3. The van der Waals surface area contributed by atoms with Gasteiger partial charge in [0.1, 0.15) is 5.82 Å². The quantitative estimate of drug-likeness (QED) is 0.821. The Morgan fingerprint density at radius 1 is 1.15 bits per heavy atom. The molecule has 4 rings (SSSR count). The van der Waals surface area contributed by atoms with Crippen LogP contribution >= 0.6 is 0 Å². The highest BCUT2D eigenvalue weighted by atomic mass is 16.7. The Morgan fingerprint density at radius 2 is 1.85 bits per heavy atom. The Labute approximate surface area is 157 Å². The van der Waals surface area contributed by atoms with Crippen molar-refractivity contribution in [3.8, 4) is 0 Å². The van der Waals surface area contributed by atoms with Crippen LogP contribution in [0.3, 0.4) is 0 Å². The lowest BCUT2D eigenvalue weighted by molar-refractivity contribution is -0.169. The standard InChI is InChI=1S/C19H22N4O4/c1-25-17(24)14-2-4-15(5-3-14)21-18-20-9-6-16(22-18)23-10-7-19(8-11-23)26-12-13-27-19/h2-6,9H,7-8,10-13H2,1H3,(H,20,21,22). The van der Waals surface area contributed by atoms with Crippen LogP contribution in [0.1, 0.15) is 23.2 Å². The van der Waals surface area contributed by atoms with Crippen molar-refractivity contribution in [2.75, 3.05) is 43.6 Å². The van der Waals surface area contributed by atoms with Gasteiger partial charge in [0.05, 0.1) is 25.9 Å². The van der Waals surface area contributed by atoms with Gasteiger partial charge in [0.2, 0.25) is 5.95 Å². The normalized spacial score (nSPS) is 18.5. The molecule has 1 spiro atoms. The molecule has 0 radical (unpaired) electrons. The average molecular weight is 370 g/mol. The Morgan fingerprint density at radius 3 is 2.52 bits per heavy atom. The predicted molar refractivity (Wildman–Crippen MR) is 99.2 cm³/mol. The van der Waals surface area contributed by atoms with E-state index in [1.54, 1.807) is 30.5 Å². The zero-order valence-corrected chi connectivity index (χ0v) is 15.2. The first-order chi connectivity index (χ1) is 13.2. The highest BCUT2D eigenvalue weighted by Gasteiger charge is 2.40. The summed E-state index contributed by atoms with van der Waals surface area (Å²) >= 11 is 0. The van der Waals surface area contributed by atoms with Crippen molar-refractivity contribution in [2.24, 2.45) is 0 Å². The summed E-state index contributed by atoms with van der Waals surface area (Å²) in [6.07, 6.45) is 3.39. The first-order valence-corrected chi connectivity index (χ1v) is 8.99. The van der Waals surface area contributed by atoms with Crippen LogP contribution in [0.25, 0.3) is 0 Å². The Bertz CT molecular complexity index is 796. The number of benzene rings is 1. The van der Waals surface area contributed by atoms with Gasteiger partial charge < -0.3 is 24.4 Å². The number of methoxy groups -OCH3 is 1. The summed E-state index contributed by atoms with van der Waals surface area (Å²) in [5, 5.41) is 3.17. The summed E-state index contributed by atoms with van der Waals surface area (Å²) in [6.45, 7) is 3.00. The smallest absolute Gasteiger partial charge is 0.337 e. The number of hydrogen-bond donors (Lipinski definition) is 1. The van der Waals surface area contributed by atoms with Crippen LogP contribution in [0.15, 0.2) is 36.5 Å². The molecule has 27 heavy (non-hydrogen) atoms. The number of piperidine rings is 1. The number of esters is 1. The second kappa shape index (κ2) is 7.50. The first kappa shape index (κ1) is 17.7. The molecule has 0 bridgehead atoms. The molecule has 1 N–H and O–H groups in total. The molecular formula is C19H22N4O4. The topological polar surface area (TPSA) is 85.8 Å². The summed E-state index contributed by atoms with van der Waals surface area (Å²) in [4.78, 5) is 22.6. The maximum absolute atomic E-state index is 11.5. The van der Waals surface area contributed by atoms with Crippen molar-refractivity contribution < 1.29 is 19.0 Å². The van der Waals surface area contributed by atoms with Gasteiger partial charge in [0.15, 0.2) is 5.79 Å². The highest BCUT2D eigenvalue weighted by molar-refractivity contribution is 5.89. The molecule has 0 aliphatic carbocycles. The van der Waals surface area contributed by atoms with Gasteiger partial charge in [-0.25, -0.2) is 9.78 Å². The van der Waals surface area contributed by atoms with Crippen LogP contribution < -0.4 is 10.2 Å². The summed E-state index contributed by atoms with van der Waals surface area (Å²) in [5.74, 6) is 0.614. The molecule has 0 amide bonds. The van der Waals surface area contributed by atoms with Gasteiger partial charge in [0.25, 0.3) is 0 Å². The number of rotatable bonds is 4. The molecule has 0 atom stereocenters. The molecule has 3 heterocycles. The lowest BCUT2D eigenvalue weighted by atomic mass is 10.0. The molecule has 1 aromatic carbocycles. The van der Waals surface area contributed by atoms with Crippen molar-refractivity contribution in [1.29, 1.82) is 0 Å². The summed E-state index contributed by atoms with van der Waals surface area (Å²) in [7, 11) is 1.36. The number of carbonyl (C=O) groups is 1. The van der Waals surface area contributed by atoms with Gasteiger partial charge in [-0.3, -0.25) is 0 Å². The van der Waals surface area contributed by atoms with Gasteiger partial charge in [-0.05, 0) is 30.3 Å². The van der Waals surface area contributed by atoms with Crippen molar-refractivity contribution in [3.05, 3.63) is 42.1 Å². The summed E-state index contributed by atoms with van der Waals surface area (Å²) in [5.41, 5.74) is 1.29. The Hall–Kier alpha value is -2.71. The van der Waals surface area contributed by atoms with Crippen LogP contribution in [-0.4, -0.2) is 55.1 Å². The number of hydrogen-bond acceptors (Lipinski definition) is 8. The van der Waals surface area contributed by atoms with Crippen LogP contribution in [0.4, 0.5) is 17.5 Å². The van der Waals surface area contributed by atoms with Crippen LogP contribution in [0.2, 0.25) is 0 Å². The van der Waals surface area contributed by atoms with Crippen LogP contribution in [0.5, 0.6) is 0 Å². The van der Waals surface area contributed by atoms with E-state index in [0.29, 0.717) is 24.7 Å². The lowest BCUT2D eigenvalue weighted by Crippen LogP contribution is -2.45. The zero-order valence-electron chi connectivity index (χ0n) is 15.2. The molecule has 142 valence electrons. The highest BCUT2D eigenvalue weighted by Crippen LogP contribution is 2.32. The monoisotopic (exact) mass is 370 g/mol. The minimum atomic E-state index is -0.397. The molecule has 0 saturated carbocycles. The van der Waals surface area contributed by atoms with E-state index in [4.69, 9.17) is 14.2 Å². The van der Waals surface area contributed by atoms with Crippen molar-refractivity contribution in [1.82, 2.24) is 9.97 Å². The third-order valence-corrected chi connectivity index (χ3v) is 4.87. The maximum atomic E-state index is 11.5. The second-order valence-corrected chi connectivity index (χ2v) is 6.53. The van der Waals surface area contributed by atoms with E-state index in [2.05, 4.69) is 20.2 Å². The molecule has 2 aromatic rings. The number of nitrogens with one attached hydrogen (secondary N) is 1. The first-order valence-electron chi connectivity index (χ1n) is 8.99. The zero-order chi connectivity index (χ0) is 18.7. The van der Waals surface area contributed by atoms with E-state index in [9.17, 15) is 4.79 Å². The maximum Gasteiger partial charge on any atom is 0.337 e. The summed E-state index contributed by atoms with van der Waals surface area (Å²) < 4.78 is 16.3. The second-order valence-electron chi connectivity index (χ2n) is 6.53. The van der Waals surface area contributed by atoms with Crippen molar-refractivity contribution in [2.45, 2.75) is 18.6 Å². The minimum absolute atomic E-state index is 0.363. The van der Waals surface area contributed by atoms with Gasteiger partial charge in [-0.15, -0.1) is 0 Å². The summed E-state index contributed by atoms with van der Waals surface area (Å²) in [6, 6.07) is 8.89. The number of ether oxygens (including phenoxy) is 3. The fourth-order valence-corrected chi connectivity index (χ4v) is 3.38. The number of aromatic nitrogens is 2.